The molecule has 0 aliphatic rings. The molecule has 3 heteroatoms. The van der Waals surface area contributed by atoms with Gasteiger partial charge >= 0.3 is 5.97 Å². The van der Waals surface area contributed by atoms with Crippen molar-refractivity contribution in [3.05, 3.63) is 95.5 Å². The first kappa shape index (κ1) is 16.0. The second-order valence-corrected chi connectivity index (χ2v) is 5.57. The van der Waals surface area contributed by atoms with E-state index in [9.17, 15) is 4.79 Å². The molecular formula is C21H15ClO2. The third-order valence-corrected chi connectivity index (χ3v) is 3.83. The smallest absolute Gasteiger partial charge is 0.336 e. The van der Waals surface area contributed by atoms with E-state index in [1.54, 1.807) is 24.3 Å². The summed E-state index contributed by atoms with van der Waals surface area (Å²) in [5.74, 6) is 0.0610. The lowest BCUT2D eigenvalue weighted by Crippen LogP contribution is -2.03. The molecule has 0 amide bonds. The minimum absolute atomic E-state index is 0.442. The van der Waals surface area contributed by atoms with Crippen LogP contribution in [0.15, 0.2) is 84.9 Å². The van der Waals surface area contributed by atoms with Crippen molar-refractivity contribution in [3.8, 4) is 16.9 Å². The van der Waals surface area contributed by atoms with Gasteiger partial charge in [0.15, 0.2) is 0 Å². The summed E-state index contributed by atoms with van der Waals surface area (Å²) in [5.41, 5.74) is 2.96. The van der Waals surface area contributed by atoms with Gasteiger partial charge in [0.05, 0.1) is 0 Å². The molecule has 0 saturated carbocycles. The van der Waals surface area contributed by atoms with Gasteiger partial charge in [-0.05, 0) is 41.0 Å². The first-order chi connectivity index (χ1) is 11.7. The zero-order chi connectivity index (χ0) is 16.8. The molecule has 3 aromatic carbocycles. The SMILES string of the molecule is O=C(/C=C/c1ccccc1Cl)Oc1ccc(-c2ccccc2)cc1. The number of carbonyl (C=O) groups excluding carboxylic acids is 1. The molecule has 3 rings (SSSR count). The zero-order valence-electron chi connectivity index (χ0n) is 12.9. The predicted molar refractivity (Wildman–Crippen MR) is 98.0 cm³/mol. The Kier molecular flexibility index (Phi) is 5.09. The molecule has 2 nitrogen and oxygen atoms in total. The van der Waals surface area contributed by atoms with Crippen LogP contribution in [0.4, 0.5) is 0 Å². The van der Waals surface area contributed by atoms with Crippen molar-refractivity contribution in [1.82, 2.24) is 0 Å². The fourth-order valence-corrected chi connectivity index (χ4v) is 2.46. The van der Waals surface area contributed by atoms with Crippen molar-refractivity contribution in [2.75, 3.05) is 0 Å². The minimum atomic E-state index is -0.442. The summed E-state index contributed by atoms with van der Waals surface area (Å²) in [4.78, 5) is 11.9. The highest BCUT2D eigenvalue weighted by molar-refractivity contribution is 6.32. The van der Waals surface area contributed by atoms with Crippen LogP contribution >= 0.6 is 11.6 Å². The summed E-state index contributed by atoms with van der Waals surface area (Å²) in [5, 5.41) is 0.591. The summed E-state index contributed by atoms with van der Waals surface area (Å²) >= 11 is 6.04. The summed E-state index contributed by atoms with van der Waals surface area (Å²) < 4.78 is 5.30. The van der Waals surface area contributed by atoms with Crippen LogP contribution in [0.3, 0.4) is 0 Å². The number of carbonyl (C=O) groups is 1. The highest BCUT2D eigenvalue weighted by Gasteiger charge is 2.03. The monoisotopic (exact) mass is 334 g/mol. The van der Waals surface area contributed by atoms with E-state index in [-0.39, 0.29) is 0 Å². The molecule has 24 heavy (non-hydrogen) atoms. The van der Waals surface area contributed by atoms with Crippen LogP contribution in [0.2, 0.25) is 5.02 Å². The largest absolute Gasteiger partial charge is 0.423 e. The van der Waals surface area contributed by atoms with Gasteiger partial charge < -0.3 is 4.74 Å². The van der Waals surface area contributed by atoms with Gasteiger partial charge in [0, 0.05) is 11.1 Å². The number of benzene rings is 3. The van der Waals surface area contributed by atoms with E-state index in [2.05, 4.69) is 0 Å². The molecular weight excluding hydrogens is 320 g/mol. The van der Waals surface area contributed by atoms with E-state index in [4.69, 9.17) is 16.3 Å². The second kappa shape index (κ2) is 7.62. The maximum absolute atomic E-state index is 11.9. The number of hydrogen-bond acceptors (Lipinski definition) is 2. The topological polar surface area (TPSA) is 26.3 Å². The Bertz CT molecular complexity index is 853. The van der Waals surface area contributed by atoms with Crippen LogP contribution in [0.1, 0.15) is 5.56 Å². The van der Waals surface area contributed by atoms with Gasteiger partial charge in [-0.25, -0.2) is 4.79 Å². The van der Waals surface area contributed by atoms with Gasteiger partial charge in [0.2, 0.25) is 0 Å². The standard InChI is InChI=1S/C21H15ClO2/c22-20-9-5-4-8-18(20)12-15-21(23)24-19-13-10-17(11-14-19)16-6-2-1-3-7-16/h1-15H/b15-12+. The van der Waals surface area contributed by atoms with Gasteiger partial charge in [0.25, 0.3) is 0 Å². The maximum Gasteiger partial charge on any atom is 0.336 e. The number of hydrogen-bond donors (Lipinski definition) is 0. The van der Waals surface area contributed by atoms with Crippen LogP contribution in [0.25, 0.3) is 17.2 Å². The van der Waals surface area contributed by atoms with Crippen LogP contribution in [0, 0.1) is 0 Å². The van der Waals surface area contributed by atoms with Crippen molar-refractivity contribution >= 4 is 23.6 Å². The molecule has 0 bridgehead atoms. The molecule has 0 aromatic heterocycles. The van der Waals surface area contributed by atoms with Crippen molar-refractivity contribution in [2.24, 2.45) is 0 Å². The number of halogens is 1. The Hall–Kier alpha value is -2.84. The molecule has 0 heterocycles. The minimum Gasteiger partial charge on any atom is -0.423 e. The normalized spacial score (nSPS) is 10.7. The van der Waals surface area contributed by atoms with Gasteiger partial charge in [-0.3, -0.25) is 0 Å². The first-order valence-electron chi connectivity index (χ1n) is 7.52. The fraction of sp³-hybridized carbons (Fsp3) is 0. The Balaban J connectivity index is 1.66. The van der Waals surface area contributed by atoms with Crippen LogP contribution in [-0.4, -0.2) is 5.97 Å². The molecule has 0 aliphatic heterocycles. The Morgan fingerprint density at radius 1 is 0.792 bits per heavy atom. The lowest BCUT2D eigenvalue weighted by Gasteiger charge is -2.04. The van der Waals surface area contributed by atoms with Gasteiger partial charge in [0.1, 0.15) is 5.75 Å². The summed E-state index contributed by atoms with van der Waals surface area (Å²) in [6.07, 6.45) is 3.01. The van der Waals surface area contributed by atoms with E-state index in [0.29, 0.717) is 10.8 Å². The highest BCUT2D eigenvalue weighted by Crippen LogP contribution is 2.22. The predicted octanol–water partition coefficient (Wildman–Crippen LogP) is 5.63. The third kappa shape index (κ3) is 4.12. The second-order valence-electron chi connectivity index (χ2n) is 5.17. The molecule has 0 fully saturated rings. The third-order valence-electron chi connectivity index (χ3n) is 3.48. The van der Waals surface area contributed by atoms with Gasteiger partial charge in [-0.15, -0.1) is 0 Å². The van der Waals surface area contributed by atoms with Crippen LogP contribution in [0.5, 0.6) is 5.75 Å². The van der Waals surface area contributed by atoms with E-state index in [1.807, 2.05) is 60.7 Å². The number of esters is 1. The van der Waals surface area contributed by atoms with Crippen molar-refractivity contribution in [2.45, 2.75) is 0 Å². The lowest BCUT2D eigenvalue weighted by molar-refractivity contribution is -0.128. The summed E-state index contributed by atoms with van der Waals surface area (Å²) in [6, 6.07) is 24.7. The number of rotatable bonds is 4. The Labute approximate surface area is 146 Å². The molecule has 0 saturated heterocycles. The highest BCUT2D eigenvalue weighted by atomic mass is 35.5. The molecule has 0 atom stereocenters. The van der Waals surface area contributed by atoms with E-state index in [1.165, 1.54) is 6.08 Å². The quantitative estimate of drug-likeness (QED) is 0.351. The lowest BCUT2D eigenvalue weighted by atomic mass is 10.1. The van der Waals surface area contributed by atoms with Gasteiger partial charge in [-0.1, -0.05) is 72.3 Å². The zero-order valence-corrected chi connectivity index (χ0v) is 13.6. The van der Waals surface area contributed by atoms with Crippen LogP contribution < -0.4 is 4.74 Å². The van der Waals surface area contributed by atoms with E-state index >= 15 is 0 Å². The van der Waals surface area contributed by atoms with Crippen molar-refractivity contribution < 1.29 is 9.53 Å². The molecule has 0 N–H and O–H groups in total. The average molecular weight is 335 g/mol. The van der Waals surface area contributed by atoms with Gasteiger partial charge in [-0.2, -0.15) is 0 Å². The molecule has 0 unspecified atom stereocenters. The molecule has 118 valence electrons. The van der Waals surface area contributed by atoms with Crippen LogP contribution in [-0.2, 0) is 4.79 Å². The Morgan fingerprint density at radius 2 is 1.42 bits per heavy atom. The molecule has 0 aliphatic carbocycles. The fourth-order valence-electron chi connectivity index (χ4n) is 2.26. The molecule has 0 radical (unpaired) electrons. The summed E-state index contributed by atoms with van der Waals surface area (Å²) in [6.45, 7) is 0. The molecule has 0 spiro atoms. The first-order valence-corrected chi connectivity index (χ1v) is 7.90. The summed E-state index contributed by atoms with van der Waals surface area (Å²) in [7, 11) is 0. The van der Waals surface area contributed by atoms with E-state index in [0.717, 1.165) is 16.7 Å². The average Bonchev–Trinajstić information content (AvgIpc) is 2.62. The van der Waals surface area contributed by atoms with E-state index < -0.39 is 5.97 Å². The molecule has 3 aromatic rings. The number of ether oxygens (including phenoxy) is 1. The van der Waals surface area contributed by atoms with Crippen molar-refractivity contribution in [3.63, 3.8) is 0 Å². The van der Waals surface area contributed by atoms with Crippen molar-refractivity contribution in [1.29, 1.82) is 0 Å². The Morgan fingerprint density at radius 3 is 2.12 bits per heavy atom. The maximum atomic E-state index is 11.9.